The fourth-order valence-corrected chi connectivity index (χ4v) is 6.86. The monoisotopic (exact) mass is 567 g/mol. The van der Waals surface area contributed by atoms with Crippen molar-refractivity contribution in [3.63, 3.8) is 0 Å². The number of amides is 3. The lowest BCUT2D eigenvalue weighted by molar-refractivity contribution is -0.159. The molecule has 3 fully saturated rings. The third kappa shape index (κ3) is 7.19. The zero-order chi connectivity index (χ0) is 28.6. The predicted molar refractivity (Wildman–Crippen MR) is 141 cm³/mol. The molecule has 0 radical (unpaired) electrons. The number of nitrogens with zero attached hydrogens (tertiary/aromatic N) is 1. The Morgan fingerprint density at radius 3 is 2.56 bits per heavy atom. The average molecular weight is 568 g/mol. The summed E-state index contributed by atoms with van der Waals surface area (Å²) in [6.45, 7) is 5.18. The number of rotatable bonds is 5. The molecule has 218 valence electrons. The maximum absolute atomic E-state index is 13.7. The molecule has 2 saturated carbocycles. The van der Waals surface area contributed by atoms with Crippen molar-refractivity contribution >= 4 is 33.7 Å². The number of esters is 1. The molecule has 4 aliphatic rings. The molecule has 0 bridgehead atoms. The van der Waals surface area contributed by atoms with Gasteiger partial charge in [0.25, 0.3) is 5.91 Å². The lowest BCUT2D eigenvalue weighted by atomic mass is 9.95. The van der Waals surface area contributed by atoms with Crippen LogP contribution >= 0.6 is 0 Å². The number of hydrogen-bond donors (Lipinski definition) is 3. The van der Waals surface area contributed by atoms with Crippen LogP contribution in [0.25, 0.3) is 0 Å². The van der Waals surface area contributed by atoms with E-state index in [2.05, 4.69) is 10.0 Å². The van der Waals surface area contributed by atoms with E-state index < -0.39 is 68.2 Å². The Kier molecular flexibility index (Phi) is 8.47. The Morgan fingerprint density at radius 2 is 1.90 bits per heavy atom. The molecule has 0 aromatic carbocycles. The molecule has 5 atom stereocenters. The summed E-state index contributed by atoms with van der Waals surface area (Å²) in [6.07, 6.45) is 7.45. The molecule has 0 aromatic heterocycles. The number of nitrogens with one attached hydrogen (secondary N) is 2. The molecule has 0 unspecified atom stereocenters. The first kappa shape index (κ1) is 29.5. The van der Waals surface area contributed by atoms with Gasteiger partial charge in [0.1, 0.15) is 17.2 Å². The van der Waals surface area contributed by atoms with Crippen LogP contribution < -0.4 is 10.0 Å². The highest BCUT2D eigenvalue weighted by molar-refractivity contribution is 7.91. The number of carbonyl (C=O) groups excluding carboxylic acids is 4. The summed E-state index contributed by atoms with van der Waals surface area (Å²) in [5.74, 6) is -3.41. The van der Waals surface area contributed by atoms with Crippen molar-refractivity contribution < 1.29 is 37.4 Å². The van der Waals surface area contributed by atoms with E-state index in [4.69, 9.17) is 4.74 Å². The standard InChI is InChI=1S/C27H41N3O8S/c1-26(2,3)38-22(32)13-17-9-7-5-4-6-8-10-18-15-27(18,25(35)29-39(36,37)20-11-12-20)28-23(33)21-14-19(31)16-30(21)24(17)34/h8,10,17-21,31H,4-7,9,11-16H2,1-3H3,(H,28,33)(H,29,35)/b10-8-/t17-,18-,19-,21+,27-/m1/s1. The van der Waals surface area contributed by atoms with E-state index in [0.717, 1.165) is 19.3 Å². The van der Waals surface area contributed by atoms with E-state index >= 15 is 0 Å². The first-order valence-electron chi connectivity index (χ1n) is 14.0. The van der Waals surface area contributed by atoms with E-state index in [-0.39, 0.29) is 31.7 Å². The van der Waals surface area contributed by atoms with Gasteiger partial charge in [-0.3, -0.25) is 23.9 Å². The number of fused-ring (bicyclic) bond motifs is 2. The van der Waals surface area contributed by atoms with Crippen LogP contribution in [-0.2, 0) is 33.9 Å². The Bertz CT molecular complexity index is 1130. The number of ether oxygens (including phenoxy) is 1. The topological polar surface area (TPSA) is 159 Å². The number of carbonyl (C=O) groups is 4. The van der Waals surface area contributed by atoms with Gasteiger partial charge in [-0.05, 0) is 59.3 Å². The average Bonchev–Trinajstić information content (AvgIpc) is 3.73. The van der Waals surface area contributed by atoms with Gasteiger partial charge in [0.15, 0.2) is 0 Å². The molecule has 2 heterocycles. The SMILES string of the molecule is CC(C)(C)OC(=O)C[C@H]1CCCCC/C=C\[C@@H]2C[C@@]2(C(=O)NS(=O)(=O)C2CC2)NC(=O)[C@@H]2C[C@@H](O)CN2C1=O. The Labute approximate surface area is 230 Å². The fourth-order valence-electron chi connectivity index (χ4n) is 5.49. The van der Waals surface area contributed by atoms with Crippen molar-refractivity contribution in [1.82, 2.24) is 14.9 Å². The summed E-state index contributed by atoms with van der Waals surface area (Å²) in [6, 6.07) is -1.05. The van der Waals surface area contributed by atoms with Crippen LogP contribution in [0, 0.1) is 11.8 Å². The Morgan fingerprint density at radius 1 is 1.18 bits per heavy atom. The maximum Gasteiger partial charge on any atom is 0.307 e. The van der Waals surface area contributed by atoms with Gasteiger partial charge in [0.2, 0.25) is 21.8 Å². The second-order valence-electron chi connectivity index (χ2n) is 12.4. The quantitative estimate of drug-likeness (QED) is 0.331. The number of aliphatic hydroxyl groups excluding tert-OH is 1. The van der Waals surface area contributed by atoms with Gasteiger partial charge in [-0.25, -0.2) is 8.42 Å². The summed E-state index contributed by atoms with van der Waals surface area (Å²) in [7, 11) is -3.82. The second-order valence-corrected chi connectivity index (χ2v) is 14.4. The summed E-state index contributed by atoms with van der Waals surface area (Å²) in [4.78, 5) is 54.4. The molecule has 39 heavy (non-hydrogen) atoms. The highest BCUT2D eigenvalue weighted by Gasteiger charge is 2.62. The minimum absolute atomic E-state index is 0.0185. The molecular formula is C27H41N3O8S. The molecule has 11 nitrogen and oxygen atoms in total. The Balaban J connectivity index is 1.57. The smallest absolute Gasteiger partial charge is 0.307 e. The summed E-state index contributed by atoms with van der Waals surface area (Å²) < 4.78 is 32.6. The summed E-state index contributed by atoms with van der Waals surface area (Å²) >= 11 is 0. The highest BCUT2D eigenvalue weighted by Crippen LogP contribution is 2.46. The Hall–Kier alpha value is -2.47. The molecule has 3 amide bonds. The van der Waals surface area contributed by atoms with Gasteiger partial charge >= 0.3 is 5.97 Å². The van der Waals surface area contributed by atoms with Gasteiger partial charge < -0.3 is 20.1 Å². The normalized spacial score (nSPS) is 33.1. The third-order valence-corrected chi connectivity index (χ3v) is 9.62. The van der Waals surface area contributed by atoms with Crippen molar-refractivity contribution in [2.75, 3.05) is 6.54 Å². The van der Waals surface area contributed by atoms with E-state index in [1.807, 2.05) is 12.2 Å². The van der Waals surface area contributed by atoms with Crippen molar-refractivity contribution in [2.45, 2.75) is 114 Å². The van der Waals surface area contributed by atoms with Crippen LogP contribution in [0.2, 0.25) is 0 Å². The van der Waals surface area contributed by atoms with Gasteiger partial charge in [0, 0.05) is 24.8 Å². The van der Waals surface area contributed by atoms with E-state index in [0.29, 0.717) is 25.7 Å². The minimum Gasteiger partial charge on any atom is -0.460 e. The van der Waals surface area contributed by atoms with Crippen molar-refractivity contribution in [3.8, 4) is 0 Å². The largest absolute Gasteiger partial charge is 0.460 e. The van der Waals surface area contributed by atoms with Gasteiger partial charge in [-0.2, -0.15) is 0 Å². The molecule has 2 aliphatic carbocycles. The van der Waals surface area contributed by atoms with E-state index in [9.17, 15) is 32.7 Å². The minimum atomic E-state index is -3.82. The van der Waals surface area contributed by atoms with E-state index in [1.165, 1.54) is 4.90 Å². The first-order chi connectivity index (χ1) is 18.2. The fraction of sp³-hybridized carbons (Fsp3) is 0.778. The zero-order valence-electron chi connectivity index (χ0n) is 23.0. The van der Waals surface area contributed by atoms with Crippen molar-refractivity contribution in [1.29, 1.82) is 0 Å². The number of allylic oxidation sites excluding steroid dienone is 1. The van der Waals surface area contributed by atoms with E-state index in [1.54, 1.807) is 20.8 Å². The lowest BCUT2D eigenvalue weighted by Gasteiger charge is -2.30. The van der Waals surface area contributed by atoms with Crippen LogP contribution in [0.1, 0.15) is 85.0 Å². The lowest BCUT2D eigenvalue weighted by Crippen LogP contribution is -2.57. The maximum atomic E-state index is 13.7. The molecule has 3 N–H and O–H groups in total. The van der Waals surface area contributed by atoms with Crippen LogP contribution in [0.3, 0.4) is 0 Å². The molecule has 0 aromatic rings. The summed E-state index contributed by atoms with van der Waals surface area (Å²) in [5.41, 5.74) is -2.14. The van der Waals surface area contributed by atoms with Gasteiger partial charge in [-0.15, -0.1) is 0 Å². The highest BCUT2D eigenvalue weighted by atomic mass is 32.2. The molecule has 12 heteroatoms. The van der Waals surface area contributed by atoms with Crippen LogP contribution in [0.15, 0.2) is 12.2 Å². The predicted octanol–water partition coefficient (Wildman–Crippen LogP) is 1.30. The summed E-state index contributed by atoms with van der Waals surface area (Å²) in [5, 5.41) is 12.6. The van der Waals surface area contributed by atoms with Gasteiger partial charge in [0.05, 0.1) is 17.8 Å². The van der Waals surface area contributed by atoms with Crippen molar-refractivity contribution in [3.05, 3.63) is 12.2 Å². The van der Waals surface area contributed by atoms with Crippen molar-refractivity contribution in [2.24, 2.45) is 11.8 Å². The number of aliphatic hydroxyl groups is 1. The molecule has 4 rings (SSSR count). The number of hydrogen-bond acceptors (Lipinski definition) is 8. The molecular weight excluding hydrogens is 526 g/mol. The van der Waals surface area contributed by atoms with Gasteiger partial charge in [-0.1, -0.05) is 25.0 Å². The third-order valence-electron chi connectivity index (χ3n) is 7.80. The van der Waals surface area contributed by atoms with Crippen LogP contribution in [0.4, 0.5) is 0 Å². The second kappa shape index (κ2) is 11.2. The zero-order valence-corrected chi connectivity index (χ0v) is 23.8. The number of sulfonamides is 1. The molecule has 2 aliphatic heterocycles. The first-order valence-corrected chi connectivity index (χ1v) is 15.5. The van der Waals surface area contributed by atoms with Crippen LogP contribution in [0.5, 0.6) is 0 Å². The van der Waals surface area contributed by atoms with Crippen LogP contribution in [-0.4, -0.2) is 77.2 Å². The molecule has 0 spiro atoms. The molecule has 1 saturated heterocycles.